The Balaban J connectivity index is 2.06. The molecule has 4 rings (SSSR count). The van der Waals surface area contributed by atoms with Gasteiger partial charge in [-0.1, -0.05) is 12.1 Å². The van der Waals surface area contributed by atoms with Crippen LogP contribution in [0.15, 0.2) is 59.4 Å². The summed E-state index contributed by atoms with van der Waals surface area (Å²) in [5, 5.41) is 21.1. The minimum atomic E-state index is -0.702. The Hall–Kier alpha value is -3.94. The molecule has 0 radical (unpaired) electrons. The van der Waals surface area contributed by atoms with Gasteiger partial charge in [0.15, 0.2) is 11.5 Å². The topological polar surface area (TPSA) is 101 Å². The van der Waals surface area contributed by atoms with Gasteiger partial charge in [-0.3, -0.25) is 9.36 Å². The van der Waals surface area contributed by atoms with Crippen LogP contribution in [0.1, 0.15) is 21.9 Å². The van der Waals surface area contributed by atoms with E-state index in [1.54, 1.807) is 19.1 Å². The number of nitrogens with zero attached hydrogens (tertiary/aromatic N) is 3. The number of hydrogen-bond acceptors (Lipinski definition) is 6. The Morgan fingerprint density at radius 1 is 1.14 bits per heavy atom. The van der Waals surface area contributed by atoms with Crippen molar-refractivity contribution in [2.24, 2.45) is 0 Å². The van der Waals surface area contributed by atoms with E-state index in [-0.39, 0.29) is 28.4 Å². The Morgan fingerprint density at radius 3 is 2.57 bits per heavy atom. The van der Waals surface area contributed by atoms with Gasteiger partial charge in [-0.25, -0.2) is 14.4 Å². The van der Waals surface area contributed by atoms with Gasteiger partial charge in [0.1, 0.15) is 23.7 Å². The molecule has 3 heterocycles. The van der Waals surface area contributed by atoms with Crippen molar-refractivity contribution in [1.29, 1.82) is 0 Å². The van der Waals surface area contributed by atoms with Gasteiger partial charge in [0.2, 0.25) is 11.7 Å². The van der Waals surface area contributed by atoms with Crippen molar-refractivity contribution in [2.45, 2.75) is 6.92 Å². The van der Waals surface area contributed by atoms with Crippen LogP contribution in [0.3, 0.4) is 0 Å². The lowest BCUT2D eigenvalue weighted by Crippen LogP contribution is -2.06. The summed E-state index contributed by atoms with van der Waals surface area (Å²) in [6, 6.07) is 10.2. The fourth-order valence-corrected chi connectivity index (χ4v) is 2.99. The lowest BCUT2D eigenvalue weighted by molar-refractivity contribution is 0.101. The van der Waals surface area contributed by atoms with Crippen LogP contribution < -0.4 is 0 Å². The molecule has 0 saturated heterocycles. The highest BCUT2D eigenvalue weighted by Gasteiger charge is 2.32. The number of rotatable bonds is 4. The molecule has 8 heteroatoms. The van der Waals surface area contributed by atoms with E-state index in [4.69, 9.17) is 4.42 Å². The highest BCUT2D eigenvalue weighted by atomic mass is 19.1. The van der Waals surface area contributed by atoms with E-state index >= 15 is 0 Å². The quantitative estimate of drug-likeness (QED) is 0.525. The third-order valence-electron chi connectivity index (χ3n) is 4.24. The van der Waals surface area contributed by atoms with Crippen LogP contribution in [-0.2, 0) is 0 Å². The Bertz CT molecular complexity index is 1180. The molecule has 4 aromatic rings. The summed E-state index contributed by atoms with van der Waals surface area (Å²) in [5.74, 6) is -2.10. The molecule has 7 nitrogen and oxygen atoms in total. The number of aromatic nitrogens is 3. The lowest BCUT2D eigenvalue weighted by Gasteiger charge is -2.11. The molecule has 0 aliphatic rings. The fourth-order valence-electron chi connectivity index (χ4n) is 2.99. The zero-order valence-electron chi connectivity index (χ0n) is 14.6. The molecule has 0 unspecified atom stereocenters. The molecule has 28 heavy (non-hydrogen) atoms. The van der Waals surface area contributed by atoms with Crippen molar-refractivity contribution < 1.29 is 23.8 Å². The van der Waals surface area contributed by atoms with Crippen molar-refractivity contribution in [3.63, 3.8) is 0 Å². The van der Waals surface area contributed by atoms with Crippen LogP contribution in [0.2, 0.25) is 0 Å². The first-order valence-corrected chi connectivity index (χ1v) is 8.28. The maximum absolute atomic E-state index is 14.6. The third-order valence-corrected chi connectivity index (χ3v) is 4.24. The van der Waals surface area contributed by atoms with Gasteiger partial charge >= 0.3 is 0 Å². The number of aryl methyl sites for hydroxylation is 1. The Morgan fingerprint density at radius 2 is 1.93 bits per heavy atom. The molecule has 0 bridgehead atoms. The molecule has 140 valence electrons. The fraction of sp³-hybridized carbons (Fsp3) is 0.0500. The minimum absolute atomic E-state index is 0.00309. The van der Waals surface area contributed by atoms with Crippen LogP contribution in [0.25, 0.3) is 17.1 Å². The number of ketones is 1. The highest BCUT2D eigenvalue weighted by molar-refractivity contribution is 6.13. The van der Waals surface area contributed by atoms with Gasteiger partial charge in [-0.15, -0.1) is 0 Å². The number of halogens is 1. The second-order valence-electron chi connectivity index (χ2n) is 6.02. The SMILES string of the molecule is Cc1ccc(C(=O)c2c(O)c(O)n(-c3ccncn3)c2-c2ccccc2F)o1. The van der Waals surface area contributed by atoms with Crippen molar-refractivity contribution in [2.75, 3.05) is 0 Å². The Labute approximate surface area is 158 Å². The third kappa shape index (κ3) is 2.71. The number of aromatic hydroxyl groups is 2. The molecule has 0 atom stereocenters. The number of furan rings is 1. The first-order chi connectivity index (χ1) is 13.5. The van der Waals surface area contributed by atoms with Crippen LogP contribution >= 0.6 is 0 Å². The van der Waals surface area contributed by atoms with E-state index < -0.39 is 23.2 Å². The van der Waals surface area contributed by atoms with E-state index in [1.165, 1.54) is 42.9 Å². The number of carbonyl (C=O) groups is 1. The average molecular weight is 379 g/mol. The molecule has 0 amide bonds. The predicted octanol–water partition coefficient (Wildman–Crippen LogP) is 3.62. The van der Waals surface area contributed by atoms with Crippen LogP contribution in [0.5, 0.6) is 11.6 Å². The van der Waals surface area contributed by atoms with E-state index in [9.17, 15) is 19.4 Å². The van der Waals surface area contributed by atoms with Gasteiger partial charge in [-0.2, -0.15) is 0 Å². The van der Waals surface area contributed by atoms with Crippen LogP contribution in [-0.4, -0.2) is 30.5 Å². The van der Waals surface area contributed by atoms with E-state index in [2.05, 4.69) is 9.97 Å². The second kappa shape index (κ2) is 6.66. The first-order valence-electron chi connectivity index (χ1n) is 8.28. The van der Waals surface area contributed by atoms with Gasteiger partial charge in [0.25, 0.3) is 0 Å². The highest BCUT2D eigenvalue weighted by Crippen LogP contribution is 2.44. The molecule has 1 aromatic carbocycles. The summed E-state index contributed by atoms with van der Waals surface area (Å²) < 4.78 is 21.1. The molecule has 0 fully saturated rings. The normalized spacial score (nSPS) is 10.9. The zero-order chi connectivity index (χ0) is 19.8. The predicted molar refractivity (Wildman–Crippen MR) is 97.0 cm³/mol. The molecule has 0 aliphatic heterocycles. The van der Waals surface area contributed by atoms with Crippen molar-refractivity contribution in [3.8, 4) is 28.7 Å². The Kier molecular flexibility index (Phi) is 4.15. The number of hydrogen-bond donors (Lipinski definition) is 2. The summed E-state index contributed by atoms with van der Waals surface area (Å²) >= 11 is 0. The molecule has 0 aliphatic carbocycles. The van der Waals surface area contributed by atoms with Crippen molar-refractivity contribution in [1.82, 2.24) is 14.5 Å². The zero-order valence-corrected chi connectivity index (χ0v) is 14.6. The summed E-state index contributed by atoms with van der Waals surface area (Å²) in [6.07, 6.45) is 2.65. The van der Waals surface area contributed by atoms with Crippen LogP contribution in [0, 0.1) is 12.7 Å². The maximum Gasteiger partial charge on any atom is 0.241 e. The van der Waals surface area contributed by atoms with Gasteiger partial charge in [0.05, 0.1) is 11.3 Å². The molecule has 3 aromatic heterocycles. The molecular formula is C20H14FN3O4. The van der Waals surface area contributed by atoms with Gasteiger partial charge in [0, 0.05) is 11.8 Å². The average Bonchev–Trinajstić information content (AvgIpc) is 3.24. The van der Waals surface area contributed by atoms with Gasteiger partial charge in [-0.05, 0) is 37.3 Å². The second-order valence-corrected chi connectivity index (χ2v) is 6.02. The summed E-state index contributed by atoms with van der Waals surface area (Å²) in [7, 11) is 0. The minimum Gasteiger partial charge on any atom is -0.503 e. The van der Waals surface area contributed by atoms with Crippen LogP contribution in [0.4, 0.5) is 4.39 Å². The molecule has 0 spiro atoms. The van der Waals surface area contributed by atoms with E-state index in [1.807, 2.05) is 0 Å². The number of benzene rings is 1. The molecule has 0 saturated carbocycles. The summed E-state index contributed by atoms with van der Waals surface area (Å²) in [6.45, 7) is 1.66. The van der Waals surface area contributed by atoms with Gasteiger partial charge < -0.3 is 14.6 Å². The number of carbonyl (C=O) groups excluding carboxylic acids is 1. The van der Waals surface area contributed by atoms with Crippen molar-refractivity contribution in [3.05, 3.63) is 77.9 Å². The lowest BCUT2D eigenvalue weighted by atomic mass is 10.0. The molecule has 2 N–H and O–H groups in total. The maximum atomic E-state index is 14.6. The van der Waals surface area contributed by atoms with E-state index in [0.717, 1.165) is 4.57 Å². The first kappa shape index (κ1) is 17.5. The standard InChI is InChI=1S/C20H14FN3O4/c1-11-6-7-14(28-11)18(25)16-17(12-4-2-3-5-13(12)21)24(20(27)19(16)26)15-8-9-22-10-23-15/h2-10,26-27H,1H3. The summed E-state index contributed by atoms with van der Waals surface area (Å²) in [5.41, 5.74) is -0.343. The van der Waals surface area contributed by atoms with E-state index in [0.29, 0.717) is 5.76 Å². The largest absolute Gasteiger partial charge is 0.503 e. The van der Waals surface area contributed by atoms with Crippen molar-refractivity contribution >= 4 is 5.78 Å². The smallest absolute Gasteiger partial charge is 0.241 e. The monoisotopic (exact) mass is 379 g/mol. The molecular weight excluding hydrogens is 365 g/mol. The summed E-state index contributed by atoms with van der Waals surface area (Å²) in [4.78, 5) is 20.9.